The van der Waals surface area contributed by atoms with Gasteiger partial charge in [0.1, 0.15) is 0 Å². The second kappa shape index (κ2) is 6.38. The standard InChI is InChI=1S/C11H19N3/c1-3-4-5-8-12-9-6-11-7-10-13-14(11)2/h3-4,7,10,12H,5-6,8-9H2,1-2H3/b4-3+. The largest absolute Gasteiger partial charge is 0.316 e. The number of aryl methyl sites for hydroxylation is 1. The molecule has 0 radical (unpaired) electrons. The molecular weight excluding hydrogens is 174 g/mol. The summed E-state index contributed by atoms with van der Waals surface area (Å²) in [6.07, 6.45) is 8.27. The third-order valence-electron chi connectivity index (χ3n) is 2.20. The molecule has 0 aromatic carbocycles. The van der Waals surface area contributed by atoms with E-state index in [0.29, 0.717) is 0 Å². The highest BCUT2D eigenvalue weighted by Gasteiger charge is 1.96. The van der Waals surface area contributed by atoms with Gasteiger partial charge in [0, 0.05) is 31.9 Å². The van der Waals surface area contributed by atoms with Gasteiger partial charge in [0.2, 0.25) is 0 Å². The number of allylic oxidation sites excluding steroid dienone is 1. The Morgan fingerprint density at radius 1 is 1.50 bits per heavy atom. The van der Waals surface area contributed by atoms with Crippen LogP contribution in [0.4, 0.5) is 0 Å². The number of nitrogens with zero attached hydrogens (tertiary/aromatic N) is 2. The minimum absolute atomic E-state index is 1.02. The molecule has 14 heavy (non-hydrogen) atoms. The van der Waals surface area contributed by atoms with Gasteiger partial charge in [0.25, 0.3) is 0 Å². The smallest absolute Gasteiger partial charge is 0.0492 e. The number of rotatable bonds is 6. The zero-order valence-electron chi connectivity index (χ0n) is 9.03. The van der Waals surface area contributed by atoms with Crippen LogP contribution in [0.1, 0.15) is 19.0 Å². The van der Waals surface area contributed by atoms with E-state index in [4.69, 9.17) is 0 Å². The van der Waals surface area contributed by atoms with Crippen LogP contribution in [0.15, 0.2) is 24.4 Å². The van der Waals surface area contributed by atoms with E-state index in [2.05, 4.69) is 35.6 Å². The minimum atomic E-state index is 1.02. The molecule has 3 nitrogen and oxygen atoms in total. The maximum atomic E-state index is 4.12. The van der Waals surface area contributed by atoms with Crippen molar-refractivity contribution in [1.82, 2.24) is 15.1 Å². The fourth-order valence-electron chi connectivity index (χ4n) is 1.34. The molecule has 0 aliphatic rings. The van der Waals surface area contributed by atoms with Gasteiger partial charge in [-0.1, -0.05) is 12.2 Å². The number of nitrogens with one attached hydrogen (secondary N) is 1. The summed E-state index contributed by atoms with van der Waals surface area (Å²) >= 11 is 0. The second-order valence-corrected chi connectivity index (χ2v) is 3.30. The fraction of sp³-hybridized carbons (Fsp3) is 0.545. The Morgan fingerprint density at radius 2 is 2.36 bits per heavy atom. The first-order valence-corrected chi connectivity index (χ1v) is 5.13. The Morgan fingerprint density at radius 3 is 3.00 bits per heavy atom. The van der Waals surface area contributed by atoms with E-state index in [0.717, 1.165) is 25.9 Å². The molecule has 1 rings (SSSR count). The van der Waals surface area contributed by atoms with Crippen LogP contribution in [0.3, 0.4) is 0 Å². The quantitative estimate of drug-likeness (QED) is 0.548. The highest BCUT2D eigenvalue weighted by atomic mass is 15.3. The van der Waals surface area contributed by atoms with Crippen LogP contribution in [0.25, 0.3) is 0 Å². The summed E-state index contributed by atoms with van der Waals surface area (Å²) in [7, 11) is 1.98. The molecule has 1 aromatic rings. The molecule has 0 bridgehead atoms. The van der Waals surface area contributed by atoms with Crippen LogP contribution in [-0.4, -0.2) is 22.9 Å². The SMILES string of the molecule is C/C=C/CCNCCc1ccnn1C. The average Bonchev–Trinajstić information content (AvgIpc) is 2.58. The molecule has 0 fully saturated rings. The van der Waals surface area contributed by atoms with Gasteiger partial charge in [-0.05, 0) is 26.0 Å². The molecule has 1 aromatic heterocycles. The van der Waals surface area contributed by atoms with Gasteiger partial charge in [-0.15, -0.1) is 0 Å². The Hall–Kier alpha value is -1.09. The highest BCUT2D eigenvalue weighted by Crippen LogP contribution is 1.95. The molecular formula is C11H19N3. The third-order valence-corrected chi connectivity index (χ3v) is 2.20. The van der Waals surface area contributed by atoms with Crippen molar-refractivity contribution in [1.29, 1.82) is 0 Å². The summed E-state index contributed by atoms with van der Waals surface area (Å²) in [5.41, 5.74) is 1.28. The summed E-state index contributed by atoms with van der Waals surface area (Å²) in [6.45, 7) is 4.13. The molecule has 0 saturated heterocycles. The van der Waals surface area contributed by atoms with Crippen molar-refractivity contribution in [3.63, 3.8) is 0 Å². The predicted molar refractivity (Wildman–Crippen MR) is 59.2 cm³/mol. The van der Waals surface area contributed by atoms with Crippen molar-refractivity contribution in [2.24, 2.45) is 7.05 Å². The molecule has 0 aliphatic heterocycles. The first kappa shape index (κ1) is 11.0. The molecule has 0 unspecified atom stereocenters. The molecule has 1 heterocycles. The lowest BCUT2D eigenvalue weighted by molar-refractivity contribution is 0.645. The molecule has 0 saturated carbocycles. The van der Waals surface area contributed by atoms with E-state index in [1.807, 2.05) is 17.9 Å². The van der Waals surface area contributed by atoms with E-state index < -0.39 is 0 Å². The molecule has 0 atom stereocenters. The van der Waals surface area contributed by atoms with Crippen LogP contribution < -0.4 is 5.32 Å². The minimum Gasteiger partial charge on any atom is -0.316 e. The van der Waals surface area contributed by atoms with E-state index in [1.54, 1.807) is 0 Å². The maximum absolute atomic E-state index is 4.12. The summed E-state index contributed by atoms with van der Waals surface area (Å²) < 4.78 is 1.92. The topological polar surface area (TPSA) is 29.9 Å². The van der Waals surface area contributed by atoms with Gasteiger partial charge < -0.3 is 5.32 Å². The Bertz CT molecular complexity index is 276. The van der Waals surface area contributed by atoms with Crippen molar-refractivity contribution in [3.8, 4) is 0 Å². The van der Waals surface area contributed by atoms with Gasteiger partial charge >= 0.3 is 0 Å². The molecule has 78 valence electrons. The zero-order chi connectivity index (χ0) is 10.2. The van der Waals surface area contributed by atoms with Crippen molar-refractivity contribution >= 4 is 0 Å². The summed E-state index contributed by atoms with van der Waals surface area (Å²) in [5, 5.41) is 7.52. The second-order valence-electron chi connectivity index (χ2n) is 3.30. The van der Waals surface area contributed by atoms with E-state index >= 15 is 0 Å². The normalized spacial score (nSPS) is 11.3. The zero-order valence-corrected chi connectivity index (χ0v) is 9.03. The van der Waals surface area contributed by atoms with Crippen LogP contribution in [-0.2, 0) is 13.5 Å². The van der Waals surface area contributed by atoms with Crippen molar-refractivity contribution in [2.45, 2.75) is 19.8 Å². The van der Waals surface area contributed by atoms with Crippen LogP contribution in [0, 0.1) is 0 Å². The lowest BCUT2D eigenvalue weighted by atomic mass is 10.3. The number of aromatic nitrogens is 2. The lowest BCUT2D eigenvalue weighted by Crippen LogP contribution is -2.19. The third kappa shape index (κ3) is 3.75. The summed E-state index contributed by atoms with van der Waals surface area (Å²) in [6, 6.07) is 2.06. The van der Waals surface area contributed by atoms with Gasteiger partial charge in [-0.25, -0.2) is 0 Å². The molecule has 3 heteroatoms. The highest BCUT2D eigenvalue weighted by molar-refractivity contribution is 5.00. The van der Waals surface area contributed by atoms with E-state index in [-0.39, 0.29) is 0 Å². The van der Waals surface area contributed by atoms with Crippen LogP contribution in [0.5, 0.6) is 0 Å². The molecule has 0 spiro atoms. The number of hydrogen-bond acceptors (Lipinski definition) is 2. The van der Waals surface area contributed by atoms with Crippen LogP contribution in [0.2, 0.25) is 0 Å². The van der Waals surface area contributed by atoms with E-state index in [9.17, 15) is 0 Å². The van der Waals surface area contributed by atoms with Crippen LogP contribution >= 0.6 is 0 Å². The Kier molecular flexibility index (Phi) is 5.00. The number of hydrogen-bond donors (Lipinski definition) is 1. The van der Waals surface area contributed by atoms with Gasteiger partial charge in [-0.2, -0.15) is 5.10 Å². The first-order chi connectivity index (χ1) is 6.84. The molecule has 1 N–H and O–H groups in total. The maximum Gasteiger partial charge on any atom is 0.0492 e. The van der Waals surface area contributed by atoms with E-state index in [1.165, 1.54) is 5.69 Å². The van der Waals surface area contributed by atoms with Crippen molar-refractivity contribution in [3.05, 3.63) is 30.1 Å². The van der Waals surface area contributed by atoms with Gasteiger partial charge in [0.15, 0.2) is 0 Å². The Balaban J connectivity index is 2.07. The first-order valence-electron chi connectivity index (χ1n) is 5.13. The van der Waals surface area contributed by atoms with Crippen molar-refractivity contribution < 1.29 is 0 Å². The summed E-state index contributed by atoms with van der Waals surface area (Å²) in [5.74, 6) is 0. The fourth-order valence-corrected chi connectivity index (χ4v) is 1.34. The Labute approximate surface area is 85.8 Å². The van der Waals surface area contributed by atoms with Gasteiger partial charge in [0.05, 0.1) is 0 Å². The summed E-state index contributed by atoms with van der Waals surface area (Å²) in [4.78, 5) is 0. The predicted octanol–water partition coefficient (Wildman–Crippen LogP) is 1.52. The molecule has 0 amide bonds. The average molecular weight is 193 g/mol. The van der Waals surface area contributed by atoms with Crippen molar-refractivity contribution in [2.75, 3.05) is 13.1 Å². The molecule has 0 aliphatic carbocycles. The lowest BCUT2D eigenvalue weighted by Gasteiger charge is -2.03. The van der Waals surface area contributed by atoms with Gasteiger partial charge in [-0.3, -0.25) is 4.68 Å². The monoisotopic (exact) mass is 193 g/mol.